The third kappa shape index (κ3) is 4.66. The molecule has 10 nitrogen and oxygen atoms in total. The molecule has 1 unspecified atom stereocenters. The fourth-order valence-electron chi connectivity index (χ4n) is 3.92. The number of primary amides is 1. The van der Waals surface area contributed by atoms with Gasteiger partial charge in [-0.3, -0.25) is 24.0 Å². The van der Waals surface area contributed by atoms with Gasteiger partial charge in [0, 0.05) is 25.8 Å². The Morgan fingerprint density at radius 3 is 2.53 bits per heavy atom. The number of rotatable bonds is 8. The van der Waals surface area contributed by atoms with Crippen LogP contribution in [0.15, 0.2) is 5.38 Å². The fourth-order valence-corrected chi connectivity index (χ4v) is 4.62. The number of hydrogen-bond donors (Lipinski definition) is 3. The fraction of sp³-hybridized carbons (Fsp3) is 0.579. The third-order valence-electron chi connectivity index (χ3n) is 5.46. The zero-order valence-electron chi connectivity index (χ0n) is 16.9. The molecule has 0 aromatic carbocycles. The molecule has 2 atom stereocenters. The van der Waals surface area contributed by atoms with Crippen LogP contribution in [-0.2, 0) is 14.4 Å². The van der Waals surface area contributed by atoms with Gasteiger partial charge in [-0.15, -0.1) is 11.3 Å². The minimum absolute atomic E-state index is 0.189. The number of carbonyl (C=O) groups excluding carboxylic acids is 5. The van der Waals surface area contributed by atoms with Crippen LogP contribution in [0.2, 0.25) is 0 Å². The van der Waals surface area contributed by atoms with Crippen molar-refractivity contribution < 1.29 is 24.0 Å². The molecule has 1 aromatic rings. The van der Waals surface area contributed by atoms with E-state index in [1.54, 1.807) is 10.3 Å². The number of Topliss-reactive ketones (excluding diaryl/α,β-unsaturated/α-hetero) is 1. The Balaban J connectivity index is 1.68. The highest BCUT2D eigenvalue weighted by Gasteiger charge is 2.55. The van der Waals surface area contributed by atoms with Crippen molar-refractivity contribution in [1.29, 1.82) is 0 Å². The maximum absolute atomic E-state index is 13.0. The highest BCUT2D eigenvalue weighted by Crippen LogP contribution is 2.45. The molecular formula is C19H25N5O5S. The van der Waals surface area contributed by atoms with Crippen molar-refractivity contribution in [2.45, 2.75) is 63.6 Å². The van der Waals surface area contributed by atoms with E-state index in [0.29, 0.717) is 24.4 Å². The largest absolute Gasteiger partial charge is 0.368 e. The molecule has 2 heterocycles. The van der Waals surface area contributed by atoms with Gasteiger partial charge in [0.2, 0.25) is 17.7 Å². The van der Waals surface area contributed by atoms with Gasteiger partial charge in [0.1, 0.15) is 11.7 Å². The first-order valence-corrected chi connectivity index (χ1v) is 10.7. The molecule has 1 aliphatic heterocycles. The predicted octanol–water partition coefficient (Wildman–Crippen LogP) is -0.0208. The first-order valence-electron chi connectivity index (χ1n) is 9.78. The summed E-state index contributed by atoms with van der Waals surface area (Å²) in [6, 6.07) is -1.27. The number of aromatic nitrogens is 1. The molecule has 1 saturated heterocycles. The highest BCUT2D eigenvalue weighted by molar-refractivity contribution is 7.11. The lowest BCUT2D eigenvalue weighted by atomic mass is 10.0. The van der Waals surface area contributed by atoms with Gasteiger partial charge < -0.3 is 21.3 Å². The number of amides is 4. The molecule has 1 aliphatic carbocycles. The number of carbonyl (C=O) groups is 5. The van der Waals surface area contributed by atoms with E-state index in [4.69, 9.17) is 5.73 Å². The van der Waals surface area contributed by atoms with Crippen molar-refractivity contribution in [3.05, 3.63) is 16.1 Å². The Morgan fingerprint density at radius 2 is 2.00 bits per heavy atom. The van der Waals surface area contributed by atoms with Crippen molar-refractivity contribution >= 4 is 40.7 Å². The zero-order chi connectivity index (χ0) is 22.1. The number of nitrogens with zero attached hydrogens (tertiary/aromatic N) is 2. The second-order valence-corrected chi connectivity index (χ2v) is 8.67. The minimum atomic E-state index is -1.08. The summed E-state index contributed by atoms with van der Waals surface area (Å²) in [5, 5.41) is 7.21. The van der Waals surface area contributed by atoms with Crippen molar-refractivity contribution in [3.8, 4) is 0 Å². The van der Waals surface area contributed by atoms with Gasteiger partial charge in [-0.25, -0.2) is 4.98 Å². The highest BCUT2D eigenvalue weighted by atomic mass is 32.1. The van der Waals surface area contributed by atoms with E-state index in [2.05, 4.69) is 15.6 Å². The smallest absolute Gasteiger partial charge is 0.273 e. The summed E-state index contributed by atoms with van der Waals surface area (Å²) in [6.45, 7) is 3.19. The van der Waals surface area contributed by atoms with Gasteiger partial charge in [0.15, 0.2) is 10.8 Å². The molecule has 11 heteroatoms. The second kappa shape index (κ2) is 8.50. The van der Waals surface area contributed by atoms with E-state index in [-0.39, 0.29) is 29.8 Å². The summed E-state index contributed by atoms with van der Waals surface area (Å²) in [6.07, 6.45) is 2.70. The lowest BCUT2D eigenvalue weighted by Gasteiger charge is -2.32. The summed E-state index contributed by atoms with van der Waals surface area (Å²) >= 11 is 1.14. The van der Waals surface area contributed by atoms with Crippen molar-refractivity contribution in [1.82, 2.24) is 20.5 Å². The van der Waals surface area contributed by atoms with E-state index in [1.807, 2.05) is 0 Å². The van der Waals surface area contributed by atoms with Gasteiger partial charge >= 0.3 is 0 Å². The molecule has 0 radical (unpaired) electrons. The normalized spacial score (nSPS) is 20.3. The molecule has 4 N–H and O–H groups in total. The van der Waals surface area contributed by atoms with E-state index in [9.17, 15) is 24.0 Å². The van der Waals surface area contributed by atoms with Gasteiger partial charge in [-0.2, -0.15) is 0 Å². The number of nitrogens with one attached hydrogen (secondary N) is 2. The third-order valence-corrected chi connectivity index (χ3v) is 6.41. The lowest BCUT2D eigenvalue weighted by molar-refractivity contribution is -0.130. The molecule has 0 bridgehead atoms. The monoisotopic (exact) mass is 435 g/mol. The van der Waals surface area contributed by atoms with Crippen LogP contribution in [0, 0.1) is 0 Å². The van der Waals surface area contributed by atoms with Crippen LogP contribution in [0.25, 0.3) is 0 Å². The maximum Gasteiger partial charge on any atom is 0.273 e. The van der Waals surface area contributed by atoms with Crippen LogP contribution in [0.1, 0.15) is 66.2 Å². The van der Waals surface area contributed by atoms with E-state index < -0.39 is 29.3 Å². The first kappa shape index (κ1) is 21.9. The van der Waals surface area contributed by atoms with Crippen LogP contribution in [-0.4, -0.2) is 63.5 Å². The summed E-state index contributed by atoms with van der Waals surface area (Å²) in [5.74, 6) is -2.08. The molecule has 0 spiro atoms. The van der Waals surface area contributed by atoms with Crippen molar-refractivity contribution in [2.24, 2.45) is 5.73 Å². The molecule has 162 valence electrons. The maximum atomic E-state index is 13.0. The topological polar surface area (TPSA) is 152 Å². The summed E-state index contributed by atoms with van der Waals surface area (Å²) < 4.78 is 0. The molecule has 2 fully saturated rings. The summed E-state index contributed by atoms with van der Waals surface area (Å²) in [5.41, 5.74) is 4.95. The number of nitrogens with two attached hydrogens (primary N) is 1. The van der Waals surface area contributed by atoms with E-state index in [0.717, 1.165) is 24.2 Å². The van der Waals surface area contributed by atoms with Crippen molar-refractivity contribution in [3.63, 3.8) is 0 Å². The van der Waals surface area contributed by atoms with Crippen LogP contribution in [0.4, 0.5) is 0 Å². The van der Waals surface area contributed by atoms with Gasteiger partial charge in [-0.05, 0) is 25.7 Å². The molecule has 1 saturated carbocycles. The quantitative estimate of drug-likeness (QED) is 0.488. The Kier molecular flexibility index (Phi) is 6.20. The average Bonchev–Trinajstić information content (AvgIpc) is 3.11. The summed E-state index contributed by atoms with van der Waals surface area (Å²) in [7, 11) is 0. The first-order chi connectivity index (χ1) is 14.1. The molecule has 30 heavy (non-hydrogen) atoms. The molecule has 4 amide bonds. The van der Waals surface area contributed by atoms with Crippen molar-refractivity contribution in [2.75, 3.05) is 6.54 Å². The zero-order valence-corrected chi connectivity index (χ0v) is 17.7. The van der Waals surface area contributed by atoms with Gasteiger partial charge in [0.05, 0.1) is 18.0 Å². The Bertz CT molecular complexity index is 894. The summed E-state index contributed by atoms with van der Waals surface area (Å²) in [4.78, 5) is 65.6. The number of hydrogen-bond acceptors (Lipinski definition) is 7. The number of likely N-dealkylation sites (tertiary alicyclic amines) is 1. The number of thiazole rings is 1. The SMILES string of the molecule is CC(=O)N[C@@H](CC(=O)NC1(C2CCCN2C(=O)c2csc(C(C)=O)n2)CC1)C(N)=O. The van der Waals surface area contributed by atoms with Crippen LogP contribution in [0.3, 0.4) is 0 Å². The second-order valence-electron chi connectivity index (χ2n) is 7.81. The van der Waals surface area contributed by atoms with Crippen LogP contribution >= 0.6 is 11.3 Å². The standard InChI is InChI=1S/C19H25N5O5S/c1-10(25)17-22-13(9-30-17)18(29)24-7-3-4-14(24)19(5-6-19)23-15(27)8-12(16(20)28)21-11(2)26/h9,12,14H,3-8H2,1-2H3,(H2,20,28)(H,21,26)(H,23,27)/t12-,14?/m0/s1. The Hall–Kier alpha value is -2.82. The molecule has 2 aliphatic rings. The number of ketones is 1. The molecule has 1 aromatic heterocycles. The van der Waals surface area contributed by atoms with E-state index >= 15 is 0 Å². The van der Waals surface area contributed by atoms with Gasteiger partial charge in [0.25, 0.3) is 5.91 Å². The average molecular weight is 436 g/mol. The Morgan fingerprint density at radius 1 is 1.30 bits per heavy atom. The minimum Gasteiger partial charge on any atom is -0.368 e. The van der Waals surface area contributed by atoms with Crippen LogP contribution in [0.5, 0.6) is 0 Å². The van der Waals surface area contributed by atoms with Gasteiger partial charge in [-0.1, -0.05) is 0 Å². The van der Waals surface area contributed by atoms with E-state index in [1.165, 1.54) is 13.8 Å². The molecule has 3 rings (SSSR count). The lowest BCUT2D eigenvalue weighted by Crippen LogP contribution is -2.54. The Labute approximate surface area is 177 Å². The predicted molar refractivity (Wildman–Crippen MR) is 108 cm³/mol. The molecular weight excluding hydrogens is 410 g/mol. The van der Waals surface area contributed by atoms with Crippen LogP contribution < -0.4 is 16.4 Å².